The molecule has 2 atom stereocenters. The Bertz CT molecular complexity index is 561. The van der Waals surface area contributed by atoms with Crippen LogP contribution in [0.25, 0.3) is 0 Å². The van der Waals surface area contributed by atoms with Gasteiger partial charge in [-0.1, -0.05) is 30.3 Å². The number of guanidine groups is 1. The van der Waals surface area contributed by atoms with E-state index < -0.39 is 0 Å². The van der Waals surface area contributed by atoms with Gasteiger partial charge in [-0.05, 0) is 24.8 Å². The minimum Gasteiger partial charge on any atom is -0.377 e. The molecule has 2 aliphatic heterocycles. The molecule has 1 N–H and O–H groups in total. The smallest absolute Gasteiger partial charge is 0.193 e. The van der Waals surface area contributed by atoms with Gasteiger partial charge in [-0.25, -0.2) is 0 Å². The van der Waals surface area contributed by atoms with Crippen LogP contribution in [0.5, 0.6) is 0 Å². The Morgan fingerprint density at radius 2 is 2.11 bits per heavy atom. The molecule has 27 heavy (non-hydrogen) atoms. The highest BCUT2D eigenvalue weighted by Gasteiger charge is 2.25. The van der Waals surface area contributed by atoms with Crippen LogP contribution in [0.3, 0.4) is 0 Å². The Labute approximate surface area is 162 Å². The third kappa shape index (κ3) is 6.79. The summed E-state index contributed by atoms with van der Waals surface area (Å²) in [6.07, 6.45) is 3.71. The van der Waals surface area contributed by atoms with E-state index in [1.54, 1.807) is 0 Å². The summed E-state index contributed by atoms with van der Waals surface area (Å²) in [6, 6.07) is 10.3. The number of likely N-dealkylation sites (tertiary alicyclic amines) is 1. The van der Waals surface area contributed by atoms with Crippen molar-refractivity contribution in [3.8, 4) is 0 Å². The van der Waals surface area contributed by atoms with E-state index in [1.807, 2.05) is 13.1 Å². The molecular weight excluding hydrogens is 342 g/mol. The number of hydrogen-bond acceptors (Lipinski definition) is 4. The quantitative estimate of drug-likeness (QED) is 0.408. The highest BCUT2D eigenvalue weighted by Crippen LogP contribution is 2.17. The van der Waals surface area contributed by atoms with Crippen LogP contribution in [0.4, 0.5) is 0 Å². The minimum absolute atomic E-state index is 0.291. The summed E-state index contributed by atoms with van der Waals surface area (Å²) in [5.41, 5.74) is 1.23. The van der Waals surface area contributed by atoms with Gasteiger partial charge in [0.05, 0.1) is 32.5 Å². The number of aliphatic imine (C=N–C) groups is 1. The van der Waals surface area contributed by atoms with Crippen LogP contribution < -0.4 is 5.32 Å². The predicted molar refractivity (Wildman–Crippen MR) is 107 cm³/mol. The van der Waals surface area contributed by atoms with Gasteiger partial charge in [0.25, 0.3) is 0 Å². The molecule has 6 nitrogen and oxygen atoms in total. The van der Waals surface area contributed by atoms with Gasteiger partial charge in [0, 0.05) is 39.2 Å². The Balaban J connectivity index is 1.28. The third-order valence-corrected chi connectivity index (χ3v) is 5.12. The van der Waals surface area contributed by atoms with Crippen LogP contribution in [0, 0.1) is 5.92 Å². The molecule has 2 fully saturated rings. The molecule has 0 aliphatic carbocycles. The Kier molecular flexibility index (Phi) is 8.39. The van der Waals surface area contributed by atoms with E-state index in [0.717, 1.165) is 58.1 Å². The van der Waals surface area contributed by atoms with E-state index in [2.05, 4.69) is 39.5 Å². The highest BCUT2D eigenvalue weighted by molar-refractivity contribution is 5.80. The molecule has 0 bridgehead atoms. The van der Waals surface area contributed by atoms with Crippen molar-refractivity contribution < 1.29 is 14.2 Å². The average Bonchev–Trinajstić information content (AvgIpc) is 3.38. The van der Waals surface area contributed by atoms with Crippen molar-refractivity contribution >= 4 is 5.96 Å². The van der Waals surface area contributed by atoms with Gasteiger partial charge < -0.3 is 24.4 Å². The van der Waals surface area contributed by atoms with Crippen LogP contribution >= 0.6 is 0 Å². The zero-order valence-corrected chi connectivity index (χ0v) is 16.4. The van der Waals surface area contributed by atoms with Gasteiger partial charge in [-0.3, -0.25) is 4.99 Å². The first kappa shape index (κ1) is 20.1. The molecule has 1 aromatic rings. The second-order valence-corrected chi connectivity index (χ2v) is 7.29. The zero-order valence-electron chi connectivity index (χ0n) is 16.4. The normalized spacial score (nSPS) is 23.1. The number of hydrogen-bond donors (Lipinski definition) is 1. The number of ether oxygens (including phenoxy) is 3. The van der Waals surface area contributed by atoms with Crippen molar-refractivity contribution in [1.29, 1.82) is 0 Å². The minimum atomic E-state index is 0.291. The first-order valence-corrected chi connectivity index (χ1v) is 10.1. The van der Waals surface area contributed by atoms with E-state index in [9.17, 15) is 0 Å². The molecule has 0 spiro atoms. The lowest BCUT2D eigenvalue weighted by molar-refractivity contribution is 0.0190. The molecule has 1 aromatic carbocycles. The molecule has 0 radical (unpaired) electrons. The second-order valence-electron chi connectivity index (χ2n) is 7.29. The molecule has 2 saturated heterocycles. The van der Waals surface area contributed by atoms with Gasteiger partial charge in [-0.15, -0.1) is 0 Å². The maximum atomic E-state index is 5.91. The standard InChI is InChI=1S/C21H33N3O3/c1-22-21(23-10-13-25-17-20-8-5-12-27-20)24-11-9-19(14-24)16-26-15-18-6-3-2-4-7-18/h2-4,6-7,19-20H,5,8-17H2,1H3,(H,22,23). The van der Waals surface area contributed by atoms with Crippen LogP contribution in [0.15, 0.2) is 35.3 Å². The number of rotatable bonds is 9. The van der Waals surface area contributed by atoms with Crippen LogP contribution in [-0.4, -0.2) is 70.1 Å². The van der Waals surface area contributed by atoms with Gasteiger partial charge in [-0.2, -0.15) is 0 Å². The number of nitrogens with zero attached hydrogens (tertiary/aromatic N) is 2. The monoisotopic (exact) mass is 375 g/mol. The fourth-order valence-corrected chi connectivity index (χ4v) is 3.64. The molecule has 0 aromatic heterocycles. The summed E-state index contributed by atoms with van der Waals surface area (Å²) in [7, 11) is 1.84. The summed E-state index contributed by atoms with van der Waals surface area (Å²) in [6.45, 7) is 6.52. The van der Waals surface area contributed by atoms with Crippen molar-refractivity contribution in [3.05, 3.63) is 35.9 Å². The molecule has 3 rings (SSSR count). The summed E-state index contributed by atoms with van der Waals surface area (Å²) in [5, 5.41) is 3.41. The highest BCUT2D eigenvalue weighted by atomic mass is 16.5. The predicted octanol–water partition coefficient (Wildman–Crippen LogP) is 2.30. The number of benzene rings is 1. The topological polar surface area (TPSA) is 55.3 Å². The van der Waals surface area contributed by atoms with Crippen molar-refractivity contribution in [2.24, 2.45) is 10.9 Å². The lowest BCUT2D eigenvalue weighted by Gasteiger charge is -2.22. The van der Waals surface area contributed by atoms with Crippen molar-refractivity contribution in [2.75, 3.05) is 53.1 Å². The third-order valence-electron chi connectivity index (χ3n) is 5.12. The zero-order chi connectivity index (χ0) is 18.7. The molecule has 2 aliphatic rings. The average molecular weight is 376 g/mol. The number of nitrogens with one attached hydrogen (secondary N) is 1. The van der Waals surface area contributed by atoms with E-state index in [-0.39, 0.29) is 0 Å². The Hall–Kier alpha value is -1.63. The fraction of sp³-hybridized carbons (Fsp3) is 0.667. The van der Waals surface area contributed by atoms with Gasteiger partial charge in [0.1, 0.15) is 0 Å². The maximum Gasteiger partial charge on any atom is 0.193 e. The van der Waals surface area contributed by atoms with Gasteiger partial charge in [0.2, 0.25) is 0 Å². The maximum absolute atomic E-state index is 5.91. The van der Waals surface area contributed by atoms with Crippen LogP contribution in [0.1, 0.15) is 24.8 Å². The summed E-state index contributed by atoms with van der Waals surface area (Å²) < 4.78 is 17.2. The second kappa shape index (κ2) is 11.3. The SMILES string of the molecule is CN=C(NCCOCC1CCCO1)N1CCC(COCc2ccccc2)C1. The van der Waals surface area contributed by atoms with Gasteiger partial charge in [0.15, 0.2) is 5.96 Å². The van der Waals surface area contributed by atoms with Crippen molar-refractivity contribution in [3.63, 3.8) is 0 Å². The molecule has 150 valence electrons. The molecular formula is C21H33N3O3. The lowest BCUT2D eigenvalue weighted by atomic mass is 10.1. The molecule has 2 heterocycles. The molecule has 6 heteroatoms. The Morgan fingerprint density at radius 1 is 1.22 bits per heavy atom. The summed E-state index contributed by atoms with van der Waals surface area (Å²) in [4.78, 5) is 6.73. The largest absolute Gasteiger partial charge is 0.377 e. The van der Waals surface area contributed by atoms with Crippen molar-refractivity contribution in [2.45, 2.75) is 32.0 Å². The summed E-state index contributed by atoms with van der Waals surface area (Å²) >= 11 is 0. The van der Waals surface area contributed by atoms with E-state index in [1.165, 1.54) is 5.56 Å². The fourth-order valence-electron chi connectivity index (χ4n) is 3.64. The lowest BCUT2D eigenvalue weighted by Crippen LogP contribution is -2.41. The van der Waals surface area contributed by atoms with E-state index >= 15 is 0 Å². The van der Waals surface area contributed by atoms with Gasteiger partial charge >= 0.3 is 0 Å². The van der Waals surface area contributed by atoms with Crippen LogP contribution in [-0.2, 0) is 20.8 Å². The van der Waals surface area contributed by atoms with E-state index in [4.69, 9.17) is 14.2 Å². The first-order valence-electron chi connectivity index (χ1n) is 10.1. The van der Waals surface area contributed by atoms with E-state index in [0.29, 0.717) is 31.8 Å². The molecule has 0 amide bonds. The van der Waals surface area contributed by atoms with Crippen molar-refractivity contribution in [1.82, 2.24) is 10.2 Å². The van der Waals surface area contributed by atoms with Crippen LogP contribution in [0.2, 0.25) is 0 Å². The summed E-state index contributed by atoms with van der Waals surface area (Å²) in [5.74, 6) is 1.52. The molecule has 0 saturated carbocycles. The molecule has 2 unspecified atom stereocenters. The Morgan fingerprint density at radius 3 is 2.89 bits per heavy atom. The first-order chi connectivity index (χ1) is 13.3.